The molecular weight excluding hydrogens is 310 g/mol. The average molecular weight is 330 g/mol. The quantitative estimate of drug-likeness (QED) is 0.752. The zero-order valence-corrected chi connectivity index (χ0v) is 13.9. The van der Waals surface area contributed by atoms with Crippen molar-refractivity contribution in [3.05, 3.63) is 29.3 Å². The van der Waals surface area contributed by atoms with E-state index in [9.17, 15) is 9.59 Å². The molecule has 1 amide bonds. The van der Waals surface area contributed by atoms with Crippen molar-refractivity contribution in [3.8, 4) is 0 Å². The van der Waals surface area contributed by atoms with Gasteiger partial charge in [-0.15, -0.1) is 11.8 Å². The van der Waals surface area contributed by atoms with Crippen LogP contribution in [-0.4, -0.2) is 28.3 Å². The van der Waals surface area contributed by atoms with Gasteiger partial charge in [-0.25, -0.2) is 0 Å². The summed E-state index contributed by atoms with van der Waals surface area (Å²) in [4.78, 5) is 23.8. The van der Waals surface area contributed by atoms with Gasteiger partial charge in [0.2, 0.25) is 5.91 Å². The molecule has 0 aliphatic carbocycles. The third-order valence-electron chi connectivity index (χ3n) is 3.41. The molecule has 6 heteroatoms. The summed E-state index contributed by atoms with van der Waals surface area (Å²) in [6, 6.07) is 7.30. The topological polar surface area (TPSA) is 66.4 Å². The first-order chi connectivity index (χ1) is 9.74. The number of benzene rings is 1. The van der Waals surface area contributed by atoms with E-state index in [0.717, 1.165) is 4.90 Å². The molecule has 0 aromatic heterocycles. The molecule has 1 aromatic rings. The van der Waals surface area contributed by atoms with Gasteiger partial charge in [-0.2, -0.15) is 0 Å². The zero-order valence-electron chi connectivity index (χ0n) is 12.4. The summed E-state index contributed by atoms with van der Waals surface area (Å²) in [5, 5.41) is 12.4. The summed E-state index contributed by atoms with van der Waals surface area (Å²) in [5.74, 6) is -0.906. The van der Waals surface area contributed by atoms with Crippen LogP contribution in [0, 0.1) is 5.92 Å². The van der Waals surface area contributed by atoms with Crippen LogP contribution in [0.15, 0.2) is 29.2 Å². The lowest BCUT2D eigenvalue weighted by molar-refractivity contribution is -0.139. The van der Waals surface area contributed by atoms with E-state index in [1.807, 2.05) is 32.0 Å². The van der Waals surface area contributed by atoms with Gasteiger partial charge in [0.1, 0.15) is 0 Å². The first kappa shape index (κ1) is 17.9. The van der Waals surface area contributed by atoms with Gasteiger partial charge in [0.05, 0.1) is 17.2 Å². The minimum Gasteiger partial charge on any atom is -0.481 e. The summed E-state index contributed by atoms with van der Waals surface area (Å²) in [5.41, 5.74) is -0.760. The van der Waals surface area contributed by atoms with E-state index in [-0.39, 0.29) is 24.0 Å². The smallest absolute Gasteiger partial charge is 0.305 e. The van der Waals surface area contributed by atoms with Crippen LogP contribution >= 0.6 is 23.4 Å². The Kier molecular flexibility index (Phi) is 6.55. The van der Waals surface area contributed by atoms with E-state index in [1.165, 1.54) is 11.8 Å². The minimum atomic E-state index is -0.926. The zero-order chi connectivity index (χ0) is 16.0. The van der Waals surface area contributed by atoms with Crippen molar-refractivity contribution in [3.63, 3.8) is 0 Å². The number of nitrogens with one attached hydrogen (secondary N) is 1. The number of carboxylic acids is 1. The van der Waals surface area contributed by atoms with Gasteiger partial charge in [-0.3, -0.25) is 9.59 Å². The Morgan fingerprint density at radius 3 is 2.52 bits per heavy atom. The van der Waals surface area contributed by atoms with Crippen LogP contribution in [0.25, 0.3) is 0 Å². The molecule has 0 aliphatic rings. The number of carbonyl (C=O) groups excluding carboxylic acids is 1. The van der Waals surface area contributed by atoms with Crippen molar-refractivity contribution in [2.24, 2.45) is 5.92 Å². The number of halogens is 1. The molecule has 0 bridgehead atoms. The summed E-state index contributed by atoms with van der Waals surface area (Å²) < 4.78 is 0. The SMILES string of the molecule is CC(C)C(C)(CC(=O)O)NC(=O)CSc1ccccc1Cl. The first-order valence-electron chi connectivity index (χ1n) is 6.65. The van der Waals surface area contributed by atoms with E-state index in [4.69, 9.17) is 16.7 Å². The number of amides is 1. The fraction of sp³-hybridized carbons (Fsp3) is 0.467. The second-order valence-electron chi connectivity index (χ2n) is 5.41. The highest BCUT2D eigenvalue weighted by atomic mass is 35.5. The van der Waals surface area contributed by atoms with Gasteiger partial charge >= 0.3 is 5.97 Å². The third kappa shape index (κ3) is 5.59. The van der Waals surface area contributed by atoms with Crippen molar-refractivity contribution in [2.75, 3.05) is 5.75 Å². The highest BCUT2D eigenvalue weighted by Gasteiger charge is 2.32. The Morgan fingerprint density at radius 2 is 2.00 bits per heavy atom. The van der Waals surface area contributed by atoms with E-state index >= 15 is 0 Å². The molecule has 116 valence electrons. The van der Waals surface area contributed by atoms with Crippen LogP contribution in [0.3, 0.4) is 0 Å². The summed E-state index contributed by atoms with van der Waals surface area (Å²) in [7, 11) is 0. The maximum Gasteiger partial charge on any atom is 0.305 e. The number of hydrogen-bond donors (Lipinski definition) is 2. The van der Waals surface area contributed by atoms with Crippen LogP contribution in [0.5, 0.6) is 0 Å². The lowest BCUT2D eigenvalue weighted by Crippen LogP contribution is -2.51. The molecule has 0 saturated carbocycles. The fourth-order valence-corrected chi connectivity index (χ4v) is 2.81. The van der Waals surface area contributed by atoms with Crippen molar-refractivity contribution in [1.29, 1.82) is 0 Å². The van der Waals surface area contributed by atoms with Crippen molar-refractivity contribution >= 4 is 35.2 Å². The van der Waals surface area contributed by atoms with Gasteiger partial charge in [-0.1, -0.05) is 37.6 Å². The second kappa shape index (κ2) is 7.71. The normalized spacial score (nSPS) is 13.8. The molecule has 1 atom stereocenters. The minimum absolute atomic E-state index is 0.0165. The van der Waals surface area contributed by atoms with Gasteiger partial charge in [-0.05, 0) is 25.0 Å². The molecule has 1 unspecified atom stereocenters. The van der Waals surface area contributed by atoms with Crippen LogP contribution in [0.2, 0.25) is 5.02 Å². The van der Waals surface area contributed by atoms with Crippen molar-refractivity contribution in [1.82, 2.24) is 5.32 Å². The Hall–Kier alpha value is -1.20. The lowest BCUT2D eigenvalue weighted by Gasteiger charge is -2.33. The number of carboxylic acid groups (broad SMARTS) is 1. The second-order valence-corrected chi connectivity index (χ2v) is 6.83. The maximum absolute atomic E-state index is 12.1. The molecule has 21 heavy (non-hydrogen) atoms. The summed E-state index contributed by atoms with van der Waals surface area (Å²) >= 11 is 7.36. The Labute approximate surface area is 134 Å². The van der Waals surface area contributed by atoms with Gasteiger partial charge in [0, 0.05) is 10.4 Å². The Bertz CT molecular complexity index is 521. The molecular formula is C15H20ClNO3S. The molecule has 4 nitrogen and oxygen atoms in total. The molecule has 1 rings (SSSR count). The Balaban J connectivity index is 2.63. The van der Waals surface area contributed by atoms with Crippen LogP contribution < -0.4 is 5.32 Å². The molecule has 1 aromatic carbocycles. The fourth-order valence-electron chi connectivity index (χ4n) is 1.77. The highest BCUT2D eigenvalue weighted by Crippen LogP contribution is 2.27. The number of aliphatic carboxylic acids is 1. The molecule has 0 saturated heterocycles. The first-order valence-corrected chi connectivity index (χ1v) is 8.01. The van der Waals surface area contributed by atoms with E-state index < -0.39 is 11.5 Å². The third-order valence-corrected chi connectivity index (χ3v) is 4.93. The predicted octanol–water partition coefficient (Wildman–Crippen LogP) is 3.44. The van der Waals surface area contributed by atoms with Crippen molar-refractivity contribution in [2.45, 2.75) is 37.6 Å². The number of carbonyl (C=O) groups is 2. The van der Waals surface area contributed by atoms with E-state index in [2.05, 4.69) is 5.32 Å². The monoisotopic (exact) mass is 329 g/mol. The van der Waals surface area contributed by atoms with E-state index in [0.29, 0.717) is 5.02 Å². The summed E-state index contributed by atoms with van der Waals surface area (Å²) in [6.07, 6.45) is -0.104. The summed E-state index contributed by atoms with van der Waals surface area (Å²) in [6.45, 7) is 5.54. The van der Waals surface area contributed by atoms with Gasteiger partial charge in [0.15, 0.2) is 0 Å². The standard InChI is InChI=1S/C15H20ClNO3S/c1-10(2)15(3,8-14(19)20)17-13(18)9-21-12-7-5-4-6-11(12)16/h4-7,10H,8-9H2,1-3H3,(H,17,18)(H,19,20). The Morgan fingerprint density at radius 1 is 1.38 bits per heavy atom. The molecule has 0 spiro atoms. The highest BCUT2D eigenvalue weighted by molar-refractivity contribution is 8.00. The molecule has 0 heterocycles. The van der Waals surface area contributed by atoms with Crippen LogP contribution in [-0.2, 0) is 9.59 Å². The predicted molar refractivity (Wildman–Crippen MR) is 85.8 cm³/mol. The van der Waals surface area contributed by atoms with Gasteiger partial charge < -0.3 is 10.4 Å². The molecule has 2 N–H and O–H groups in total. The average Bonchev–Trinajstić information content (AvgIpc) is 2.36. The van der Waals surface area contributed by atoms with Crippen LogP contribution in [0.4, 0.5) is 0 Å². The van der Waals surface area contributed by atoms with Gasteiger partial charge in [0.25, 0.3) is 0 Å². The van der Waals surface area contributed by atoms with E-state index in [1.54, 1.807) is 13.0 Å². The molecule has 0 aliphatic heterocycles. The number of thioether (sulfide) groups is 1. The van der Waals surface area contributed by atoms with Crippen LogP contribution in [0.1, 0.15) is 27.2 Å². The largest absolute Gasteiger partial charge is 0.481 e. The van der Waals surface area contributed by atoms with Crippen molar-refractivity contribution < 1.29 is 14.7 Å². The number of hydrogen-bond acceptors (Lipinski definition) is 3. The number of rotatable bonds is 7. The maximum atomic E-state index is 12.1. The molecule has 0 fully saturated rings. The lowest BCUT2D eigenvalue weighted by atomic mass is 9.85. The molecule has 0 radical (unpaired) electrons.